The lowest BCUT2D eigenvalue weighted by Crippen LogP contribution is -1.99. The van der Waals surface area contributed by atoms with Crippen LogP contribution in [0, 0.1) is 13.8 Å². The first-order valence-corrected chi connectivity index (χ1v) is 5.53. The van der Waals surface area contributed by atoms with Gasteiger partial charge in [0.05, 0.1) is 12.7 Å². The van der Waals surface area contributed by atoms with Gasteiger partial charge in [-0.1, -0.05) is 6.07 Å². The smallest absolute Gasteiger partial charge is 0.337 e. The number of carbonyl (C=O) groups is 1. The van der Waals surface area contributed by atoms with Gasteiger partial charge in [0.15, 0.2) is 0 Å². The number of methoxy groups -OCH3 is 1. The van der Waals surface area contributed by atoms with Gasteiger partial charge in [-0.2, -0.15) is 0 Å². The zero-order valence-corrected chi connectivity index (χ0v) is 9.77. The highest BCUT2D eigenvalue weighted by atomic mass is 32.1. The second-order valence-corrected chi connectivity index (χ2v) is 4.74. The molecule has 2 nitrogen and oxygen atoms in total. The van der Waals surface area contributed by atoms with Crippen molar-refractivity contribution >= 4 is 27.4 Å². The summed E-state index contributed by atoms with van der Waals surface area (Å²) in [5, 5.41) is 1.23. The van der Waals surface area contributed by atoms with E-state index in [4.69, 9.17) is 0 Å². The van der Waals surface area contributed by atoms with Gasteiger partial charge < -0.3 is 4.74 Å². The molecule has 1 aromatic heterocycles. The predicted molar refractivity (Wildman–Crippen MR) is 62.6 cm³/mol. The normalized spacial score (nSPS) is 10.6. The summed E-state index contributed by atoms with van der Waals surface area (Å²) in [7, 11) is 1.40. The lowest BCUT2D eigenvalue weighted by atomic mass is 10.1. The topological polar surface area (TPSA) is 26.3 Å². The highest BCUT2D eigenvalue weighted by Gasteiger charge is 2.09. The van der Waals surface area contributed by atoms with Crippen LogP contribution in [0.15, 0.2) is 18.2 Å². The highest BCUT2D eigenvalue weighted by molar-refractivity contribution is 7.19. The Kier molecular flexibility index (Phi) is 2.49. The summed E-state index contributed by atoms with van der Waals surface area (Å²) in [5.74, 6) is -0.277. The molecular formula is C12H12O2S. The van der Waals surface area contributed by atoms with Crippen LogP contribution in [0.5, 0.6) is 0 Å². The van der Waals surface area contributed by atoms with E-state index in [9.17, 15) is 4.79 Å². The number of benzene rings is 1. The van der Waals surface area contributed by atoms with Gasteiger partial charge >= 0.3 is 5.97 Å². The molecule has 15 heavy (non-hydrogen) atoms. The van der Waals surface area contributed by atoms with Gasteiger partial charge in [0.2, 0.25) is 0 Å². The summed E-state index contributed by atoms with van der Waals surface area (Å²) in [6.07, 6.45) is 0. The third-order valence-corrected chi connectivity index (χ3v) is 3.77. The first kappa shape index (κ1) is 10.2. The van der Waals surface area contributed by atoms with Crippen molar-refractivity contribution in [1.29, 1.82) is 0 Å². The Labute approximate surface area is 92.5 Å². The summed E-state index contributed by atoms with van der Waals surface area (Å²) in [6.45, 7) is 4.20. The van der Waals surface area contributed by atoms with Crippen molar-refractivity contribution in [2.45, 2.75) is 13.8 Å². The summed E-state index contributed by atoms with van der Waals surface area (Å²) in [5.41, 5.74) is 1.91. The molecule has 0 saturated heterocycles. The molecule has 0 amide bonds. The van der Waals surface area contributed by atoms with Crippen LogP contribution in [0.2, 0.25) is 0 Å². The summed E-state index contributed by atoms with van der Waals surface area (Å²) >= 11 is 1.71. The van der Waals surface area contributed by atoms with Gasteiger partial charge in [0.1, 0.15) is 0 Å². The van der Waals surface area contributed by atoms with E-state index in [1.54, 1.807) is 11.3 Å². The quantitative estimate of drug-likeness (QED) is 0.689. The minimum absolute atomic E-state index is 0.277. The maximum absolute atomic E-state index is 11.3. The molecule has 78 valence electrons. The standard InChI is InChI=1S/C12H12O2S/c1-7-8(2)15-11-6-9(12(13)14-3)4-5-10(7)11/h4-6H,1-3H3. The van der Waals surface area contributed by atoms with Crippen LogP contribution >= 0.6 is 11.3 Å². The average Bonchev–Trinajstić information content (AvgIpc) is 2.53. The van der Waals surface area contributed by atoms with Crippen LogP contribution in [0.3, 0.4) is 0 Å². The number of aryl methyl sites for hydroxylation is 2. The molecule has 0 radical (unpaired) electrons. The second kappa shape index (κ2) is 3.66. The fourth-order valence-corrected chi connectivity index (χ4v) is 2.70. The number of ether oxygens (including phenoxy) is 1. The van der Waals surface area contributed by atoms with Crippen molar-refractivity contribution in [3.05, 3.63) is 34.2 Å². The molecule has 0 aliphatic rings. The number of hydrogen-bond acceptors (Lipinski definition) is 3. The molecule has 0 spiro atoms. The fraction of sp³-hybridized carbons (Fsp3) is 0.250. The Balaban J connectivity index is 2.62. The Morgan fingerprint density at radius 2 is 2.07 bits per heavy atom. The van der Waals surface area contributed by atoms with Crippen molar-refractivity contribution in [2.75, 3.05) is 7.11 Å². The minimum atomic E-state index is -0.277. The van der Waals surface area contributed by atoms with Gasteiger partial charge in [-0.3, -0.25) is 0 Å². The van der Waals surface area contributed by atoms with Crippen LogP contribution in [0.25, 0.3) is 10.1 Å². The molecule has 0 atom stereocenters. The Hall–Kier alpha value is -1.35. The van der Waals surface area contributed by atoms with E-state index in [1.807, 2.05) is 18.2 Å². The minimum Gasteiger partial charge on any atom is -0.465 e. The SMILES string of the molecule is COC(=O)c1ccc2c(C)c(C)sc2c1. The maximum atomic E-state index is 11.3. The zero-order valence-electron chi connectivity index (χ0n) is 8.96. The molecule has 0 aliphatic carbocycles. The summed E-state index contributed by atoms with van der Waals surface area (Å²) in [6, 6.07) is 5.69. The number of fused-ring (bicyclic) bond motifs is 1. The fourth-order valence-electron chi connectivity index (χ4n) is 1.59. The van der Waals surface area contributed by atoms with Gasteiger partial charge in [0, 0.05) is 9.58 Å². The number of carbonyl (C=O) groups excluding carboxylic acids is 1. The van der Waals surface area contributed by atoms with Crippen molar-refractivity contribution in [3.63, 3.8) is 0 Å². The van der Waals surface area contributed by atoms with E-state index in [1.165, 1.54) is 22.9 Å². The molecule has 0 bridgehead atoms. The molecule has 0 saturated carbocycles. The average molecular weight is 220 g/mol. The zero-order chi connectivity index (χ0) is 11.0. The van der Waals surface area contributed by atoms with E-state index in [-0.39, 0.29) is 5.97 Å². The molecule has 1 heterocycles. The van der Waals surface area contributed by atoms with E-state index in [2.05, 4.69) is 18.6 Å². The van der Waals surface area contributed by atoms with Gasteiger partial charge in [-0.15, -0.1) is 11.3 Å². The maximum Gasteiger partial charge on any atom is 0.337 e. The van der Waals surface area contributed by atoms with Crippen molar-refractivity contribution < 1.29 is 9.53 Å². The van der Waals surface area contributed by atoms with E-state index < -0.39 is 0 Å². The molecule has 3 heteroatoms. The van der Waals surface area contributed by atoms with Crippen molar-refractivity contribution in [3.8, 4) is 0 Å². The van der Waals surface area contributed by atoms with Gasteiger partial charge in [0.25, 0.3) is 0 Å². The van der Waals surface area contributed by atoms with Crippen LogP contribution in [-0.2, 0) is 4.74 Å². The van der Waals surface area contributed by atoms with E-state index in [0.717, 1.165) is 4.70 Å². The first-order chi connectivity index (χ1) is 7.13. The van der Waals surface area contributed by atoms with E-state index in [0.29, 0.717) is 5.56 Å². The number of esters is 1. The molecule has 0 N–H and O–H groups in total. The first-order valence-electron chi connectivity index (χ1n) is 4.71. The third-order valence-electron chi connectivity index (χ3n) is 2.60. The highest BCUT2D eigenvalue weighted by Crippen LogP contribution is 2.30. The predicted octanol–water partition coefficient (Wildman–Crippen LogP) is 3.30. The number of hydrogen-bond donors (Lipinski definition) is 0. The second-order valence-electron chi connectivity index (χ2n) is 3.49. The molecule has 1 aromatic carbocycles. The van der Waals surface area contributed by atoms with Crippen molar-refractivity contribution in [1.82, 2.24) is 0 Å². The molecule has 2 rings (SSSR count). The molecular weight excluding hydrogens is 208 g/mol. The third kappa shape index (κ3) is 1.63. The molecule has 0 unspecified atom stereocenters. The van der Waals surface area contributed by atoms with Crippen LogP contribution < -0.4 is 0 Å². The lowest BCUT2D eigenvalue weighted by Gasteiger charge is -1.98. The van der Waals surface area contributed by atoms with Crippen LogP contribution in [0.4, 0.5) is 0 Å². The van der Waals surface area contributed by atoms with Crippen LogP contribution in [-0.4, -0.2) is 13.1 Å². The largest absolute Gasteiger partial charge is 0.465 e. The summed E-state index contributed by atoms with van der Waals surface area (Å²) < 4.78 is 5.83. The van der Waals surface area contributed by atoms with Gasteiger partial charge in [-0.25, -0.2) is 4.79 Å². The van der Waals surface area contributed by atoms with Crippen molar-refractivity contribution in [2.24, 2.45) is 0 Å². The molecule has 0 fully saturated rings. The Morgan fingerprint density at radius 1 is 1.33 bits per heavy atom. The Bertz CT molecular complexity index is 526. The molecule has 0 aliphatic heterocycles. The molecule has 2 aromatic rings. The Morgan fingerprint density at radius 3 is 2.73 bits per heavy atom. The monoisotopic (exact) mass is 220 g/mol. The van der Waals surface area contributed by atoms with Gasteiger partial charge in [-0.05, 0) is 36.9 Å². The van der Waals surface area contributed by atoms with Crippen LogP contribution in [0.1, 0.15) is 20.8 Å². The lowest BCUT2D eigenvalue weighted by molar-refractivity contribution is 0.0601. The summed E-state index contributed by atoms with van der Waals surface area (Å²) in [4.78, 5) is 12.6. The number of rotatable bonds is 1. The van der Waals surface area contributed by atoms with E-state index >= 15 is 0 Å². The number of thiophene rings is 1.